The van der Waals surface area contributed by atoms with Crippen molar-refractivity contribution in [1.82, 2.24) is 20.7 Å². The Hall–Kier alpha value is -2.52. The number of aromatic nitrogens is 1. The molecule has 154 valence electrons. The van der Waals surface area contributed by atoms with E-state index < -0.39 is 29.9 Å². The molecule has 0 unspecified atom stereocenters. The van der Waals surface area contributed by atoms with Gasteiger partial charge in [-0.2, -0.15) is 0 Å². The second-order valence-corrected chi connectivity index (χ2v) is 6.90. The predicted molar refractivity (Wildman–Crippen MR) is 99.8 cm³/mol. The van der Waals surface area contributed by atoms with Gasteiger partial charge in [0.2, 0.25) is 11.8 Å². The molecular weight excluding hydrogens is 364 g/mol. The van der Waals surface area contributed by atoms with Crippen LogP contribution in [0.2, 0.25) is 0 Å². The first kappa shape index (κ1) is 21.8. The molecule has 1 saturated heterocycles. The van der Waals surface area contributed by atoms with Crippen molar-refractivity contribution in [2.45, 2.75) is 57.7 Å². The van der Waals surface area contributed by atoms with Crippen LogP contribution in [-0.2, 0) is 20.9 Å². The summed E-state index contributed by atoms with van der Waals surface area (Å²) in [7, 11) is 0. The lowest BCUT2D eigenvalue weighted by molar-refractivity contribution is -0.152. The van der Waals surface area contributed by atoms with Crippen LogP contribution in [0.1, 0.15) is 44.7 Å². The summed E-state index contributed by atoms with van der Waals surface area (Å²) in [4.78, 5) is 42.9. The van der Waals surface area contributed by atoms with E-state index >= 15 is 0 Å². The number of hydrogen-bond donors (Lipinski definition) is 4. The summed E-state index contributed by atoms with van der Waals surface area (Å²) in [5.41, 5.74) is 2.10. The van der Waals surface area contributed by atoms with Crippen molar-refractivity contribution in [2.75, 3.05) is 6.54 Å². The van der Waals surface area contributed by atoms with Crippen molar-refractivity contribution in [3.05, 3.63) is 30.1 Å². The summed E-state index contributed by atoms with van der Waals surface area (Å²) in [5, 5.41) is 21.8. The maximum Gasteiger partial charge on any atom is 0.272 e. The standard InChI is InChI=1S/C19H28N4O5/c1-2-3-8-14(16(24)18(26)22-28)19(27)23-11-6-9-15(23)17(25)21-12-13-7-4-5-10-20-13/h4-5,7,10,14-16,24,28H,2-3,6,8-9,11-12H2,1H3,(H,21,25)(H,22,26)/t14-,15+,16+/m1/s1. The number of rotatable bonds is 9. The topological polar surface area (TPSA) is 132 Å². The molecule has 4 N–H and O–H groups in total. The van der Waals surface area contributed by atoms with Crippen molar-refractivity contribution in [3.63, 3.8) is 0 Å². The monoisotopic (exact) mass is 392 g/mol. The van der Waals surface area contributed by atoms with Crippen molar-refractivity contribution < 1.29 is 24.7 Å². The van der Waals surface area contributed by atoms with E-state index in [-0.39, 0.29) is 12.5 Å². The summed E-state index contributed by atoms with van der Waals surface area (Å²) in [6, 6.07) is 4.76. The molecule has 3 atom stereocenters. The molecule has 1 fully saturated rings. The number of amides is 3. The number of likely N-dealkylation sites (tertiary alicyclic amines) is 1. The fourth-order valence-electron chi connectivity index (χ4n) is 3.40. The average molecular weight is 392 g/mol. The lowest BCUT2D eigenvalue weighted by atomic mass is 9.93. The van der Waals surface area contributed by atoms with Crippen LogP contribution < -0.4 is 10.8 Å². The van der Waals surface area contributed by atoms with Gasteiger partial charge in [0.25, 0.3) is 5.91 Å². The predicted octanol–water partition coefficient (Wildman–Crippen LogP) is 0.362. The van der Waals surface area contributed by atoms with Crippen molar-refractivity contribution in [2.24, 2.45) is 5.92 Å². The van der Waals surface area contributed by atoms with Crippen LogP contribution in [0.4, 0.5) is 0 Å². The Morgan fingerprint density at radius 1 is 1.36 bits per heavy atom. The lowest BCUT2D eigenvalue weighted by Crippen LogP contribution is -2.51. The quantitative estimate of drug-likeness (QED) is 0.354. The maximum absolute atomic E-state index is 13.0. The normalized spacial score (nSPS) is 18.4. The maximum atomic E-state index is 13.0. The number of hydrogen-bond acceptors (Lipinski definition) is 6. The Balaban J connectivity index is 2.05. The van der Waals surface area contributed by atoms with Crippen molar-refractivity contribution in [1.29, 1.82) is 0 Å². The summed E-state index contributed by atoms with van der Waals surface area (Å²) in [6.07, 6.45) is 2.86. The van der Waals surface area contributed by atoms with Crippen LogP contribution in [0.25, 0.3) is 0 Å². The minimum atomic E-state index is -1.66. The SMILES string of the molecule is CCCC[C@@H](C(=O)N1CCC[C@H]1C(=O)NCc1ccccn1)[C@H](O)C(=O)NO. The van der Waals surface area contributed by atoms with Gasteiger partial charge in [0.1, 0.15) is 12.1 Å². The van der Waals surface area contributed by atoms with Crippen LogP contribution in [0.15, 0.2) is 24.4 Å². The molecule has 9 nitrogen and oxygen atoms in total. The highest BCUT2D eigenvalue weighted by molar-refractivity contribution is 5.92. The third-order valence-electron chi connectivity index (χ3n) is 4.95. The number of pyridine rings is 1. The van der Waals surface area contributed by atoms with Gasteiger partial charge in [-0.25, -0.2) is 5.48 Å². The fraction of sp³-hybridized carbons (Fsp3) is 0.579. The van der Waals surface area contributed by atoms with Gasteiger partial charge in [-0.3, -0.25) is 24.6 Å². The molecular formula is C19H28N4O5. The van der Waals surface area contributed by atoms with E-state index in [2.05, 4.69) is 10.3 Å². The van der Waals surface area contributed by atoms with E-state index in [0.29, 0.717) is 37.9 Å². The third kappa shape index (κ3) is 5.49. The van der Waals surface area contributed by atoms with E-state index in [1.54, 1.807) is 18.3 Å². The molecule has 0 spiro atoms. The number of carbonyl (C=O) groups excluding carboxylic acids is 3. The Morgan fingerprint density at radius 2 is 2.14 bits per heavy atom. The fourth-order valence-corrected chi connectivity index (χ4v) is 3.40. The van der Waals surface area contributed by atoms with Crippen LogP contribution in [0.3, 0.4) is 0 Å². The molecule has 1 aliphatic rings. The number of carbonyl (C=O) groups is 3. The number of aliphatic hydroxyl groups excluding tert-OH is 1. The molecule has 1 aliphatic heterocycles. The van der Waals surface area contributed by atoms with E-state index in [4.69, 9.17) is 5.21 Å². The number of nitrogens with one attached hydrogen (secondary N) is 2. The largest absolute Gasteiger partial charge is 0.382 e. The molecule has 0 saturated carbocycles. The second-order valence-electron chi connectivity index (χ2n) is 6.90. The van der Waals surface area contributed by atoms with E-state index in [9.17, 15) is 19.5 Å². The van der Waals surface area contributed by atoms with E-state index in [1.165, 1.54) is 10.4 Å². The second kappa shape index (κ2) is 10.7. The summed E-state index contributed by atoms with van der Waals surface area (Å²) in [5.74, 6) is -2.76. The number of nitrogens with zero attached hydrogens (tertiary/aromatic N) is 2. The zero-order valence-electron chi connectivity index (χ0n) is 16.0. The van der Waals surface area contributed by atoms with Crippen LogP contribution >= 0.6 is 0 Å². The molecule has 1 aromatic heterocycles. The Bertz CT molecular complexity index is 670. The van der Waals surface area contributed by atoms with Gasteiger partial charge in [-0.05, 0) is 31.4 Å². The van der Waals surface area contributed by atoms with Gasteiger partial charge in [0, 0.05) is 12.7 Å². The highest BCUT2D eigenvalue weighted by Gasteiger charge is 2.40. The van der Waals surface area contributed by atoms with Crippen LogP contribution in [-0.4, -0.2) is 56.6 Å². The first-order valence-corrected chi connectivity index (χ1v) is 9.59. The molecule has 1 aromatic rings. The molecule has 0 bridgehead atoms. The Labute approximate surface area is 164 Å². The van der Waals surface area contributed by atoms with Gasteiger partial charge >= 0.3 is 0 Å². The van der Waals surface area contributed by atoms with Gasteiger partial charge in [0.15, 0.2) is 0 Å². The van der Waals surface area contributed by atoms with E-state index in [1.807, 2.05) is 13.0 Å². The van der Waals surface area contributed by atoms with Gasteiger partial charge in [0.05, 0.1) is 18.2 Å². The molecule has 0 aromatic carbocycles. The Morgan fingerprint density at radius 3 is 2.79 bits per heavy atom. The molecule has 2 heterocycles. The van der Waals surface area contributed by atoms with Gasteiger partial charge in [-0.15, -0.1) is 0 Å². The third-order valence-corrected chi connectivity index (χ3v) is 4.95. The summed E-state index contributed by atoms with van der Waals surface area (Å²) in [6.45, 7) is 2.58. The first-order chi connectivity index (χ1) is 13.5. The molecule has 2 rings (SSSR count). The average Bonchev–Trinajstić information content (AvgIpc) is 3.22. The zero-order chi connectivity index (χ0) is 20.5. The number of aliphatic hydroxyl groups is 1. The van der Waals surface area contributed by atoms with Gasteiger partial charge < -0.3 is 15.3 Å². The minimum absolute atomic E-state index is 0.257. The van der Waals surface area contributed by atoms with E-state index in [0.717, 1.165) is 6.42 Å². The van der Waals surface area contributed by atoms with Crippen molar-refractivity contribution >= 4 is 17.7 Å². The molecule has 0 radical (unpaired) electrons. The first-order valence-electron chi connectivity index (χ1n) is 9.59. The zero-order valence-corrected chi connectivity index (χ0v) is 16.0. The highest BCUT2D eigenvalue weighted by Crippen LogP contribution is 2.24. The van der Waals surface area contributed by atoms with Gasteiger partial charge in [-0.1, -0.05) is 25.8 Å². The molecule has 9 heteroatoms. The highest BCUT2D eigenvalue weighted by atomic mass is 16.5. The lowest BCUT2D eigenvalue weighted by Gasteiger charge is -2.30. The molecule has 0 aliphatic carbocycles. The molecule has 3 amide bonds. The summed E-state index contributed by atoms with van der Waals surface area (Å²) < 4.78 is 0. The molecule has 28 heavy (non-hydrogen) atoms. The van der Waals surface area contributed by atoms with Crippen LogP contribution in [0, 0.1) is 5.92 Å². The summed E-state index contributed by atoms with van der Waals surface area (Å²) >= 11 is 0. The number of hydroxylamine groups is 1. The smallest absolute Gasteiger partial charge is 0.272 e. The number of unbranched alkanes of at least 4 members (excludes halogenated alkanes) is 1. The van der Waals surface area contributed by atoms with Crippen LogP contribution in [0.5, 0.6) is 0 Å². The van der Waals surface area contributed by atoms with Crippen molar-refractivity contribution in [3.8, 4) is 0 Å². The minimum Gasteiger partial charge on any atom is -0.382 e. The Kier molecular flexibility index (Phi) is 8.34.